The summed E-state index contributed by atoms with van der Waals surface area (Å²) in [7, 11) is -3.98. The molecule has 4 aliphatic rings. The van der Waals surface area contributed by atoms with Gasteiger partial charge in [-0.25, -0.2) is 17.6 Å². The number of rotatable bonds is 11. The second-order valence-electron chi connectivity index (χ2n) is 14.0. The summed E-state index contributed by atoms with van der Waals surface area (Å²) in [6, 6.07) is 2.73. The summed E-state index contributed by atoms with van der Waals surface area (Å²) in [5, 5.41) is 4.72. The average Bonchev–Trinajstić information content (AvgIpc) is 3.97. The molecule has 2 aliphatic heterocycles. The Morgan fingerprint density at radius 1 is 1.13 bits per heavy atom. The minimum Gasteiger partial charge on any atom is -0.444 e. The number of nitrogens with zero attached hydrogens (tertiary/aromatic N) is 3. The number of hydrogen-bond donors (Lipinski definition) is 3. The van der Waals surface area contributed by atoms with E-state index in [0.717, 1.165) is 17.2 Å². The highest BCUT2D eigenvalue weighted by Gasteiger charge is 2.62. The molecule has 2 aromatic rings. The van der Waals surface area contributed by atoms with Crippen LogP contribution in [0.2, 0.25) is 0 Å². The van der Waals surface area contributed by atoms with Crippen molar-refractivity contribution in [3.8, 4) is 0 Å². The number of sulfonamides is 1. The molecule has 52 heavy (non-hydrogen) atoms. The Balaban J connectivity index is 1.24. The van der Waals surface area contributed by atoms with E-state index in [2.05, 4.69) is 26.9 Å². The fourth-order valence-electron chi connectivity index (χ4n) is 6.67. The quantitative estimate of drug-likeness (QED) is 0.230. The Morgan fingerprint density at radius 3 is 2.48 bits per heavy atom. The molecule has 18 heteroatoms. The molecule has 5 atom stereocenters. The van der Waals surface area contributed by atoms with Crippen molar-refractivity contribution in [2.75, 3.05) is 11.9 Å². The minimum absolute atomic E-state index is 0.0398. The third-order valence-corrected chi connectivity index (χ3v) is 11.7. The highest BCUT2D eigenvalue weighted by atomic mass is 32.2. The summed E-state index contributed by atoms with van der Waals surface area (Å²) in [4.78, 5) is 61.0. The summed E-state index contributed by atoms with van der Waals surface area (Å²) in [5.74, 6) is -4.14. The molecular formula is C34H38F4N6O7S. The van der Waals surface area contributed by atoms with E-state index in [9.17, 15) is 45.2 Å². The summed E-state index contributed by atoms with van der Waals surface area (Å²) in [5.41, 5.74) is -1.89. The Bertz CT molecular complexity index is 1910. The fourth-order valence-corrected chi connectivity index (χ4v) is 8.03. The Hall–Kier alpha value is -4.74. The van der Waals surface area contributed by atoms with Gasteiger partial charge < -0.3 is 20.3 Å². The number of carbonyl (C=O) groups is 4. The predicted octanol–water partition coefficient (Wildman–Crippen LogP) is 3.47. The van der Waals surface area contributed by atoms with Crippen molar-refractivity contribution in [1.29, 1.82) is 0 Å². The van der Waals surface area contributed by atoms with Gasteiger partial charge in [0, 0.05) is 36.8 Å². The second-order valence-corrected chi connectivity index (χ2v) is 16.0. The standard InChI is InChI=1S/C34H38F4N6O7S/c1-4-20-12-33(20,31(47)42-52(49,50)24-8-9-24)41-29(45)27-11-23(51-32(48)43-15-19-6-5-7-26(35)25(19)17-43)16-44(27)30(46)28(18(2)3)40-22-10-21(13-39-14-22)34(36,37)38/h4-7,10,13-14,18,20,23-24,27-28,40H,1,8-9,11-12,15-17H2,2-3H3,(H,41,45)(H,42,47)/t20-,23-,27+,28+,33-/m1/s1. The Labute approximate surface area is 297 Å². The molecule has 3 N–H and O–H groups in total. The van der Waals surface area contributed by atoms with Crippen LogP contribution in [0.3, 0.4) is 0 Å². The van der Waals surface area contributed by atoms with Crippen molar-refractivity contribution in [2.45, 2.75) is 87.8 Å². The molecular weight excluding hydrogens is 712 g/mol. The number of nitrogens with one attached hydrogen (secondary N) is 3. The fraction of sp³-hybridized carbons (Fsp3) is 0.500. The van der Waals surface area contributed by atoms with Gasteiger partial charge in [-0.3, -0.25) is 29.0 Å². The van der Waals surface area contributed by atoms with E-state index in [-0.39, 0.29) is 38.2 Å². The molecule has 3 fully saturated rings. The molecule has 280 valence electrons. The van der Waals surface area contributed by atoms with Gasteiger partial charge in [0.2, 0.25) is 21.8 Å². The average molecular weight is 751 g/mol. The molecule has 3 heterocycles. The van der Waals surface area contributed by atoms with E-state index in [4.69, 9.17) is 4.74 Å². The summed E-state index contributed by atoms with van der Waals surface area (Å²) in [6.07, 6.45) is -2.82. The molecule has 1 aromatic heterocycles. The van der Waals surface area contributed by atoms with Crippen molar-refractivity contribution in [1.82, 2.24) is 24.8 Å². The highest BCUT2D eigenvalue weighted by Crippen LogP contribution is 2.45. The zero-order valence-electron chi connectivity index (χ0n) is 28.3. The van der Waals surface area contributed by atoms with Crippen molar-refractivity contribution in [2.24, 2.45) is 11.8 Å². The van der Waals surface area contributed by atoms with Crippen LogP contribution < -0.4 is 15.4 Å². The van der Waals surface area contributed by atoms with Gasteiger partial charge in [-0.05, 0) is 42.9 Å². The molecule has 6 rings (SSSR count). The van der Waals surface area contributed by atoms with Gasteiger partial charge in [-0.2, -0.15) is 13.2 Å². The van der Waals surface area contributed by atoms with Crippen molar-refractivity contribution >= 4 is 39.5 Å². The van der Waals surface area contributed by atoms with Crippen LogP contribution in [0.25, 0.3) is 0 Å². The number of ether oxygens (including phenoxy) is 1. The number of aromatic nitrogens is 1. The van der Waals surface area contributed by atoms with Crippen molar-refractivity contribution < 1.29 is 49.9 Å². The first-order valence-corrected chi connectivity index (χ1v) is 18.3. The number of benzene rings is 1. The van der Waals surface area contributed by atoms with Crippen LogP contribution in [-0.4, -0.2) is 82.5 Å². The molecule has 0 bridgehead atoms. The van der Waals surface area contributed by atoms with Gasteiger partial charge in [0.1, 0.15) is 29.5 Å². The maximum absolute atomic E-state index is 14.4. The topological polar surface area (TPSA) is 167 Å². The van der Waals surface area contributed by atoms with Crippen LogP contribution in [0.15, 0.2) is 49.3 Å². The van der Waals surface area contributed by atoms with Gasteiger partial charge >= 0.3 is 12.3 Å². The predicted molar refractivity (Wildman–Crippen MR) is 177 cm³/mol. The SMILES string of the molecule is C=C[C@@H]1C[C@]1(NC(=O)[C@@H]1C[C@@H](OC(=O)N2Cc3cccc(F)c3C2)CN1C(=O)[C@@H](Nc1cncc(C(F)(F)F)c1)C(C)C)C(=O)NS(=O)(=O)C1CC1. The van der Waals surface area contributed by atoms with Crippen LogP contribution in [0, 0.1) is 17.7 Å². The van der Waals surface area contributed by atoms with Crippen LogP contribution >= 0.6 is 0 Å². The number of halogens is 4. The van der Waals surface area contributed by atoms with Crippen LogP contribution in [0.1, 0.15) is 56.2 Å². The lowest BCUT2D eigenvalue weighted by Gasteiger charge is -2.31. The first kappa shape index (κ1) is 37.0. The van der Waals surface area contributed by atoms with Crippen LogP contribution in [0.4, 0.5) is 28.0 Å². The van der Waals surface area contributed by atoms with Crippen LogP contribution in [0.5, 0.6) is 0 Å². The number of carbonyl (C=O) groups excluding carboxylic acids is 4. The largest absolute Gasteiger partial charge is 0.444 e. The highest BCUT2D eigenvalue weighted by molar-refractivity contribution is 7.91. The monoisotopic (exact) mass is 750 g/mol. The summed E-state index contributed by atoms with van der Waals surface area (Å²) < 4.78 is 87.6. The van der Waals surface area contributed by atoms with Gasteiger partial charge in [0.05, 0.1) is 29.6 Å². The lowest BCUT2D eigenvalue weighted by Crippen LogP contribution is -2.58. The first-order valence-electron chi connectivity index (χ1n) is 16.7. The van der Waals surface area contributed by atoms with Gasteiger partial charge in [-0.1, -0.05) is 32.1 Å². The van der Waals surface area contributed by atoms with E-state index in [0.29, 0.717) is 30.2 Å². The number of hydrogen-bond acceptors (Lipinski definition) is 9. The maximum atomic E-state index is 14.4. The molecule has 2 aliphatic carbocycles. The lowest BCUT2D eigenvalue weighted by atomic mass is 10.0. The van der Waals surface area contributed by atoms with E-state index in [1.165, 1.54) is 23.1 Å². The summed E-state index contributed by atoms with van der Waals surface area (Å²) in [6.45, 7) is 6.67. The zero-order chi connectivity index (χ0) is 37.7. The van der Waals surface area contributed by atoms with Crippen molar-refractivity contribution in [3.05, 3.63) is 71.8 Å². The zero-order valence-corrected chi connectivity index (χ0v) is 29.1. The number of amides is 4. The summed E-state index contributed by atoms with van der Waals surface area (Å²) >= 11 is 0. The number of fused-ring (bicyclic) bond motifs is 1. The molecule has 2 saturated carbocycles. The van der Waals surface area contributed by atoms with Gasteiger partial charge in [-0.15, -0.1) is 6.58 Å². The number of likely N-dealkylation sites (tertiary alicyclic amines) is 1. The normalized spacial score (nSPS) is 24.6. The Kier molecular flexibility index (Phi) is 9.73. The Morgan fingerprint density at radius 2 is 1.87 bits per heavy atom. The molecule has 1 aromatic carbocycles. The minimum atomic E-state index is -4.70. The first-order chi connectivity index (χ1) is 24.4. The van der Waals surface area contributed by atoms with E-state index in [1.807, 2.05) is 0 Å². The molecule has 0 spiro atoms. The smallest absolute Gasteiger partial charge is 0.417 e. The lowest BCUT2D eigenvalue weighted by molar-refractivity contribution is -0.140. The van der Waals surface area contributed by atoms with E-state index in [1.54, 1.807) is 19.9 Å². The third kappa shape index (κ3) is 7.43. The van der Waals surface area contributed by atoms with Crippen molar-refractivity contribution in [3.63, 3.8) is 0 Å². The maximum Gasteiger partial charge on any atom is 0.417 e. The third-order valence-electron chi connectivity index (χ3n) is 9.87. The van der Waals surface area contributed by atoms with Gasteiger partial charge in [0.25, 0.3) is 5.91 Å². The molecule has 0 radical (unpaired) electrons. The van der Waals surface area contributed by atoms with E-state index < -0.39 is 92.2 Å². The number of anilines is 1. The molecule has 1 saturated heterocycles. The number of alkyl halides is 3. The molecule has 0 unspecified atom stereocenters. The molecule has 13 nitrogen and oxygen atoms in total. The molecule has 4 amide bonds. The van der Waals surface area contributed by atoms with Crippen LogP contribution in [-0.2, 0) is 48.4 Å². The van der Waals surface area contributed by atoms with E-state index >= 15 is 0 Å². The van der Waals surface area contributed by atoms with Gasteiger partial charge in [0.15, 0.2) is 0 Å². The second kappa shape index (κ2) is 13.7. The number of pyridine rings is 1.